The van der Waals surface area contributed by atoms with Crippen LogP contribution in [0, 0.1) is 6.92 Å². The largest absolute Gasteiger partial charge is 0.354 e. The van der Waals surface area contributed by atoms with Crippen LogP contribution in [-0.2, 0) is 16.1 Å². The van der Waals surface area contributed by atoms with Crippen molar-refractivity contribution in [3.8, 4) is 0 Å². The van der Waals surface area contributed by atoms with Gasteiger partial charge in [0.1, 0.15) is 0 Å². The zero-order valence-corrected chi connectivity index (χ0v) is 12.3. The molecule has 2 amide bonds. The molecule has 2 N–H and O–H groups in total. The van der Waals surface area contributed by atoms with Crippen LogP contribution in [0.1, 0.15) is 31.4 Å². The number of nitrogens with one attached hydrogen (secondary N) is 2. The number of hydrogen-bond donors (Lipinski definition) is 2. The molecule has 0 bridgehead atoms. The SMILES string of the molecule is Cc1csc(=O)n1CCCC(=O)NC1CCC(=O)NC1. The lowest BCUT2D eigenvalue weighted by Crippen LogP contribution is -2.47. The first-order valence-corrected chi connectivity index (χ1v) is 7.65. The highest BCUT2D eigenvalue weighted by Crippen LogP contribution is 2.05. The molecule has 1 atom stereocenters. The molecule has 1 saturated heterocycles. The van der Waals surface area contributed by atoms with Crippen LogP contribution < -0.4 is 15.5 Å². The van der Waals surface area contributed by atoms with Crippen molar-refractivity contribution >= 4 is 23.2 Å². The number of thiazole rings is 1. The summed E-state index contributed by atoms with van der Waals surface area (Å²) in [6.07, 6.45) is 2.20. The number of aromatic nitrogens is 1. The van der Waals surface area contributed by atoms with Crippen molar-refractivity contribution in [3.05, 3.63) is 20.7 Å². The summed E-state index contributed by atoms with van der Waals surface area (Å²) >= 11 is 1.19. The standard InChI is InChI=1S/C13H19N3O3S/c1-9-8-20-13(19)16(9)6-2-3-12(18)15-10-4-5-11(17)14-7-10/h8,10H,2-7H2,1H3,(H,14,17)(H,15,18). The van der Waals surface area contributed by atoms with E-state index in [-0.39, 0.29) is 22.7 Å². The fourth-order valence-corrected chi connectivity index (χ4v) is 2.99. The maximum absolute atomic E-state index is 11.8. The Hall–Kier alpha value is -1.63. The molecule has 2 heterocycles. The highest BCUT2D eigenvalue weighted by molar-refractivity contribution is 7.07. The Morgan fingerprint density at radius 3 is 2.95 bits per heavy atom. The maximum atomic E-state index is 11.8. The number of hydrogen-bond acceptors (Lipinski definition) is 4. The van der Waals surface area contributed by atoms with Crippen molar-refractivity contribution < 1.29 is 9.59 Å². The summed E-state index contributed by atoms with van der Waals surface area (Å²) in [6, 6.07) is 0.0332. The van der Waals surface area contributed by atoms with Crippen molar-refractivity contribution in [3.63, 3.8) is 0 Å². The zero-order chi connectivity index (χ0) is 14.5. The molecule has 1 aliphatic heterocycles. The van der Waals surface area contributed by atoms with Gasteiger partial charge in [0, 0.05) is 43.0 Å². The predicted molar refractivity (Wildman–Crippen MR) is 76.7 cm³/mol. The third-order valence-electron chi connectivity index (χ3n) is 3.39. The van der Waals surface area contributed by atoms with E-state index >= 15 is 0 Å². The zero-order valence-electron chi connectivity index (χ0n) is 11.5. The Morgan fingerprint density at radius 1 is 1.55 bits per heavy atom. The van der Waals surface area contributed by atoms with Gasteiger partial charge < -0.3 is 15.2 Å². The highest BCUT2D eigenvalue weighted by Gasteiger charge is 2.19. The van der Waals surface area contributed by atoms with Crippen LogP contribution in [0.5, 0.6) is 0 Å². The number of piperidine rings is 1. The fraction of sp³-hybridized carbons (Fsp3) is 0.615. The average molecular weight is 297 g/mol. The molecule has 1 fully saturated rings. The van der Waals surface area contributed by atoms with Gasteiger partial charge in [0.05, 0.1) is 0 Å². The van der Waals surface area contributed by atoms with Gasteiger partial charge in [-0.05, 0) is 19.8 Å². The Bertz CT molecular complexity index is 539. The molecule has 1 aromatic rings. The molecule has 0 aromatic carbocycles. The quantitative estimate of drug-likeness (QED) is 0.825. The summed E-state index contributed by atoms with van der Waals surface area (Å²) in [6.45, 7) is 2.97. The van der Waals surface area contributed by atoms with Crippen molar-refractivity contribution in [2.75, 3.05) is 6.54 Å². The lowest BCUT2D eigenvalue weighted by Gasteiger charge is -2.23. The number of carbonyl (C=O) groups is 2. The minimum Gasteiger partial charge on any atom is -0.354 e. The molecule has 110 valence electrons. The highest BCUT2D eigenvalue weighted by atomic mass is 32.1. The second kappa shape index (κ2) is 6.69. The normalized spacial score (nSPS) is 18.6. The van der Waals surface area contributed by atoms with Gasteiger partial charge in [0.25, 0.3) is 0 Å². The first kappa shape index (κ1) is 14.8. The lowest BCUT2D eigenvalue weighted by atomic mass is 10.1. The van der Waals surface area contributed by atoms with Crippen LogP contribution in [0.2, 0.25) is 0 Å². The van der Waals surface area contributed by atoms with E-state index < -0.39 is 0 Å². The van der Waals surface area contributed by atoms with E-state index in [0.717, 1.165) is 5.69 Å². The Kier molecular flexibility index (Phi) is 4.94. The van der Waals surface area contributed by atoms with Crippen molar-refractivity contribution in [1.82, 2.24) is 15.2 Å². The van der Waals surface area contributed by atoms with Crippen LogP contribution >= 0.6 is 11.3 Å². The third-order valence-corrected chi connectivity index (χ3v) is 4.27. The Morgan fingerprint density at radius 2 is 2.35 bits per heavy atom. The number of amides is 2. The smallest absolute Gasteiger partial charge is 0.307 e. The van der Waals surface area contributed by atoms with E-state index in [4.69, 9.17) is 0 Å². The van der Waals surface area contributed by atoms with Gasteiger partial charge in [0.15, 0.2) is 0 Å². The van der Waals surface area contributed by atoms with Gasteiger partial charge in [-0.3, -0.25) is 14.4 Å². The molecule has 0 saturated carbocycles. The van der Waals surface area contributed by atoms with E-state index in [1.165, 1.54) is 11.3 Å². The monoisotopic (exact) mass is 297 g/mol. The van der Waals surface area contributed by atoms with Crippen LogP contribution in [-0.4, -0.2) is 29.0 Å². The van der Waals surface area contributed by atoms with E-state index in [0.29, 0.717) is 38.8 Å². The molecule has 2 rings (SSSR count). The van der Waals surface area contributed by atoms with E-state index in [9.17, 15) is 14.4 Å². The number of nitrogens with zero attached hydrogens (tertiary/aromatic N) is 1. The van der Waals surface area contributed by atoms with Crippen LogP contribution in [0.15, 0.2) is 10.2 Å². The molecular weight excluding hydrogens is 278 g/mol. The second-order valence-corrected chi connectivity index (χ2v) is 5.83. The summed E-state index contributed by atoms with van der Waals surface area (Å²) in [4.78, 5) is 34.3. The van der Waals surface area contributed by atoms with Crippen LogP contribution in [0.4, 0.5) is 0 Å². The van der Waals surface area contributed by atoms with Gasteiger partial charge in [-0.2, -0.15) is 0 Å². The molecule has 1 aromatic heterocycles. The number of rotatable bonds is 5. The van der Waals surface area contributed by atoms with Gasteiger partial charge >= 0.3 is 4.87 Å². The molecule has 20 heavy (non-hydrogen) atoms. The molecule has 7 heteroatoms. The Labute approximate surface area is 121 Å². The van der Waals surface area contributed by atoms with Gasteiger partial charge in [-0.15, -0.1) is 0 Å². The summed E-state index contributed by atoms with van der Waals surface area (Å²) in [5, 5.41) is 7.47. The average Bonchev–Trinajstić information content (AvgIpc) is 2.73. The summed E-state index contributed by atoms with van der Waals surface area (Å²) in [5.41, 5.74) is 0.940. The summed E-state index contributed by atoms with van der Waals surface area (Å²) in [5.74, 6) is 0.0230. The van der Waals surface area contributed by atoms with E-state index in [1.54, 1.807) is 4.57 Å². The minimum absolute atomic E-state index is 0.0212. The topological polar surface area (TPSA) is 80.2 Å². The lowest BCUT2D eigenvalue weighted by molar-refractivity contribution is -0.125. The molecule has 0 radical (unpaired) electrons. The van der Waals surface area contributed by atoms with E-state index in [2.05, 4.69) is 10.6 Å². The number of carbonyl (C=O) groups excluding carboxylic acids is 2. The minimum atomic E-state index is -0.0212. The molecule has 1 aliphatic rings. The Balaban J connectivity index is 1.70. The van der Waals surface area contributed by atoms with Crippen LogP contribution in [0.3, 0.4) is 0 Å². The summed E-state index contributed by atoms with van der Waals surface area (Å²) < 4.78 is 1.69. The third kappa shape index (κ3) is 3.93. The molecular formula is C13H19N3O3S. The van der Waals surface area contributed by atoms with Crippen molar-refractivity contribution in [2.45, 2.75) is 45.2 Å². The van der Waals surface area contributed by atoms with Crippen molar-refractivity contribution in [1.29, 1.82) is 0 Å². The van der Waals surface area contributed by atoms with E-state index in [1.807, 2.05) is 12.3 Å². The van der Waals surface area contributed by atoms with Gasteiger partial charge in [-0.1, -0.05) is 11.3 Å². The number of aryl methyl sites for hydroxylation is 1. The molecule has 0 spiro atoms. The molecule has 1 unspecified atom stereocenters. The molecule has 0 aliphatic carbocycles. The van der Waals surface area contributed by atoms with Crippen LogP contribution in [0.25, 0.3) is 0 Å². The first-order chi connectivity index (χ1) is 9.56. The van der Waals surface area contributed by atoms with Gasteiger partial charge in [0.2, 0.25) is 11.8 Å². The predicted octanol–water partition coefficient (Wildman–Crippen LogP) is 0.393. The second-order valence-electron chi connectivity index (χ2n) is 5.01. The molecule has 6 nitrogen and oxygen atoms in total. The van der Waals surface area contributed by atoms with Gasteiger partial charge in [-0.25, -0.2) is 0 Å². The first-order valence-electron chi connectivity index (χ1n) is 6.77. The fourth-order valence-electron chi connectivity index (χ4n) is 2.23. The summed E-state index contributed by atoms with van der Waals surface area (Å²) in [7, 11) is 0. The maximum Gasteiger partial charge on any atom is 0.307 e. The van der Waals surface area contributed by atoms with Crippen molar-refractivity contribution in [2.24, 2.45) is 0 Å².